The molecular formula is C20H17FN4O3. The summed E-state index contributed by atoms with van der Waals surface area (Å²) in [7, 11) is 0. The number of hydrogen-bond acceptors (Lipinski definition) is 5. The lowest BCUT2D eigenvalue weighted by atomic mass is 10.0. The molecule has 0 spiro atoms. The van der Waals surface area contributed by atoms with Crippen molar-refractivity contribution in [1.82, 2.24) is 9.72 Å². The number of phenolic OH excluding ortho intramolecular Hbond substituents is 1. The number of aromatic hydroxyl groups is 1. The fraction of sp³-hybridized carbons (Fsp3) is 0.100. The van der Waals surface area contributed by atoms with Crippen LogP contribution in [-0.4, -0.2) is 25.9 Å². The number of hydrogen-bond donors (Lipinski definition) is 3. The predicted octanol–water partition coefficient (Wildman–Crippen LogP) is 3.84. The van der Waals surface area contributed by atoms with Gasteiger partial charge in [-0.15, -0.1) is 0 Å². The van der Waals surface area contributed by atoms with Gasteiger partial charge in [0.1, 0.15) is 17.3 Å². The number of fused-ring (bicyclic) bond motifs is 1. The molecule has 2 aromatic carbocycles. The van der Waals surface area contributed by atoms with E-state index in [0.717, 1.165) is 0 Å². The molecule has 0 bridgehead atoms. The minimum Gasteiger partial charge on any atom is -0.508 e. The summed E-state index contributed by atoms with van der Waals surface area (Å²) in [5.74, 6) is 0.0328. The molecule has 0 saturated heterocycles. The second kappa shape index (κ2) is 6.41. The number of halogens is 1. The summed E-state index contributed by atoms with van der Waals surface area (Å²) in [6.07, 6.45) is 0. The Morgan fingerprint density at radius 1 is 1.18 bits per heavy atom. The van der Waals surface area contributed by atoms with Crippen LogP contribution in [-0.2, 0) is 0 Å². The molecule has 2 heterocycles. The number of phenols is 1. The van der Waals surface area contributed by atoms with Gasteiger partial charge in [-0.3, -0.25) is 0 Å². The van der Waals surface area contributed by atoms with E-state index in [4.69, 9.17) is 10.3 Å². The van der Waals surface area contributed by atoms with Gasteiger partial charge in [0, 0.05) is 11.1 Å². The fourth-order valence-electron chi connectivity index (χ4n) is 3.50. The average Bonchev–Trinajstić information content (AvgIpc) is 3.17. The zero-order chi connectivity index (χ0) is 20.0. The third kappa shape index (κ3) is 2.58. The van der Waals surface area contributed by atoms with E-state index >= 15 is 0 Å². The monoisotopic (exact) mass is 380 g/mol. The van der Waals surface area contributed by atoms with Gasteiger partial charge in [0.2, 0.25) is 0 Å². The number of aromatic nitrogens is 2. The summed E-state index contributed by atoms with van der Waals surface area (Å²) in [4.78, 5) is 0. The molecule has 142 valence electrons. The molecule has 0 aliphatic carbocycles. The van der Waals surface area contributed by atoms with Crippen LogP contribution in [0, 0.1) is 19.7 Å². The van der Waals surface area contributed by atoms with Gasteiger partial charge in [-0.05, 0) is 56.3 Å². The van der Waals surface area contributed by atoms with E-state index in [-0.39, 0.29) is 11.6 Å². The zero-order valence-electron chi connectivity index (χ0n) is 15.1. The largest absolute Gasteiger partial charge is 0.508 e. The molecule has 0 atom stereocenters. The van der Waals surface area contributed by atoms with Crippen LogP contribution in [0.5, 0.6) is 5.75 Å². The van der Waals surface area contributed by atoms with Crippen LogP contribution >= 0.6 is 0 Å². The van der Waals surface area contributed by atoms with E-state index in [0.29, 0.717) is 44.9 Å². The van der Waals surface area contributed by atoms with Crippen molar-refractivity contribution in [3.8, 4) is 22.7 Å². The van der Waals surface area contributed by atoms with Gasteiger partial charge in [0.15, 0.2) is 5.84 Å². The molecule has 0 radical (unpaired) electrons. The Labute approximate surface area is 159 Å². The third-order valence-electron chi connectivity index (χ3n) is 4.67. The molecule has 4 rings (SSSR count). The van der Waals surface area contributed by atoms with Crippen LogP contribution in [0.2, 0.25) is 0 Å². The van der Waals surface area contributed by atoms with E-state index in [2.05, 4.69) is 10.3 Å². The SMILES string of the molecule is Cc1noc(C)c1-c1c(C(N)=NO)c2cc(F)ccc2n1-c1ccc(O)cc1. The van der Waals surface area contributed by atoms with Crippen LogP contribution in [0.3, 0.4) is 0 Å². The summed E-state index contributed by atoms with van der Waals surface area (Å²) in [6.45, 7) is 3.53. The van der Waals surface area contributed by atoms with Gasteiger partial charge in [-0.25, -0.2) is 4.39 Å². The molecule has 8 heteroatoms. The normalized spacial score (nSPS) is 12.0. The molecule has 28 heavy (non-hydrogen) atoms. The fourth-order valence-corrected chi connectivity index (χ4v) is 3.50. The van der Waals surface area contributed by atoms with Gasteiger partial charge < -0.3 is 25.1 Å². The topological polar surface area (TPSA) is 110 Å². The van der Waals surface area contributed by atoms with Crippen LogP contribution in [0.1, 0.15) is 17.0 Å². The van der Waals surface area contributed by atoms with Crippen molar-refractivity contribution in [1.29, 1.82) is 0 Å². The van der Waals surface area contributed by atoms with Gasteiger partial charge in [0.25, 0.3) is 0 Å². The molecule has 0 amide bonds. The number of oxime groups is 1. The van der Waals surface area contributed by atoms with Crippen molar-refractivity contribution in [2.75, 3.05) is 0 Å². The quantitative estimate of drug-likeness (QED) is 0.216. The molecule has 0 aliphatic heterocycles. The van der Waals surface area contributed by atoms with E-state index in [1.54, 1.807) is 44.2 Å². The summed E-state index contributed by atoms with van der Waals surface area (Å²) in [6, 6.07) is 10.8. The first-order chi connectivity index (χ1) is 13.4. The maximum absolute atomic E-state index is 14.1. The Balaban J connectivity index is 2.24. The molecule has 7 nitrogen and oxygen atoms in total. The maximum atomic E-state index is 14.1. The minimum atomic E-state index is -0.451. The number of aryl methyl sites for hydroxylation is 2. The molecule has 2 aromatic heterocycles. The predicted molar refractivity (Wildman–Crippen MR) is 102 cm³/mol. The first-order valence-corrected chi connectivity index (χ1v) is 8.47. The zero-order valence-corrected chi connectivity index (χ0v) is 15.1. The summed E-state index contributed by atoms with van der Waals surface area (Å²) >= 11 is 0. The lowest BCUT2D eigenvalue weighted by Crippen LogP contribution is -2.14. The highest BCUT2D eigenvalue weighted by molar-refractivity contribution is 6.15. The van der Waals surface area contributed by atoms with Crippen LogP contribution in [0.25, 0.3) is 27.8 Å². The first kappa shape index (κ1) is 17.6. The Hall–Kier alpha value is -3.81. The molecule has 4 N–H and O–H groups in total. The molecule has 0 fully saturated rings. The molecule has 0 unspecified atom stereocenters. The smallest absolute Gasteiger partial charge is 0.172 e. The molecule has 0 saturated carbocycles. The number of amidine groups is 1. The van der Waals surface area contributed by atoms with Crippen molar-refractivity contribution in [3.05, 3.63) is 65.3 Å². The van der Waals surface area contributed by atoms with Crippen molar-refractivity contribution >= 4 is 16.7 Å². The third-order valence-corrected chi connectivity index (χ3v) is 4.67. The minimum absolute atomic E-state index is 0.113. The van der Waals surface area contributed by atoms with Crippen LogP contribution < -0.4 is 5.73 Å². The summed E-state index contributed by atoms with van der Waals surface area (Å²) in [5, 5.41) is 26.7. The lowest BCUT2D eigenvalue weighted by Gasteiger charge is -2.12. The van der Waals surface area contributed by atoms with Crippen molar-refractivity contribution < 1.29 is 19.2 Å². The van der Waals surface area contributed by atoms with E-state index in [9.17, 15) is 14.7 Å². The lowest BCUT2D eigenvalue weighted by molar-refractivity contribution is 0.318. The Morgan fingerprint density at radius 3 is 2.50 bits per heavy atom. The van der Waals surface area contributed by atoms with Crippen LogP contribution in [0.15, 0.2) is 52.1 Å². The Morgan fingerprint density at radius 2 is 1.89 bits per heavy atom. The average molecular weight is 380 g/mol. The second-order valence-electron chi connectivity index (χ2n) is 6.42. The highest BCUT2D eigenvalue weighted by Gasteiger charge is 2.27. The standard InChI is InChI=1S/C20H17FN4O3/c1-10-17(11(2)28-24-10)19-18(20(22)23-27)15-9-12(21)3-8-16(15)25(19)13-4-6-14(26)7-5-13/h3-9,26-27H,1-2H3,(H2,22,23). The van der Waals surface area contributed by atoms with Gasteiger partial charge in [-0.1, -0.05) is 10.3 Å². The van der Waals surface area contributed by atoms with Gasteiger partial charge in [-0.2, -0.15) is 0 Å². The van der Waals surface area contributed by atoms with Gasteiger partial charge >= 0.3 is 0 Å². The van der Waals surface area contributed by atoms with E-state index < -0.39 is 5.82 Å². The van der Waals surface area contributed by atoms with Crippen molar-refractivity contribution in [2.45, 2.75) is 13.8 Å². The summed E-state index contributed by atoms with van der Waals surface area (Å²) in [5.41, 5.74) is 9.52. The van der Waals surface area contributed by atoms with Gasteiger partial charge in [0.05, 0.1) is 28.0 Å². The number of nitrogens with two attached hydrogens (primary N) is 1. The highest BCUT2D eigenvalue weighted by Crippen LogP contribution is 2.39. The number of nitrogens with zero attached hydrogens (tertiary/aromatic N) is 3. The van der Waals surface area contributed by atoms with Crippen LogP contribution in [0.4, 0.5) is 4.39 Å². The van der Waals surface area contributed by atoms with Crippen molar-refractivity contribution in [3.63, 3.8) is 0 Å². The Bertz CT molecular complexity index is 1200. The van der Waals surface area contributed by atoms with E-state index in [1.165, 1.54) is 12.1 Å². The molecule has 0 aliphatic rings. The number of rotatable bonds is 3. The first-order valence-electron chi connectivity index (χ1n) is 8.47. The number of benzene rings is 2. The molecular weight excluding hydrogens is 363 g/mol. The second-order valence-corrected chi connectivity index (χ2v) is 6.42. The van der Waals surface area contributed by atoms with E-state index in [1.807, 2.05) is 4.57 Å². The highest BCUT2D eigenvalue weighted by atomic mass is 19.1. The maximum Gasteiger partial charge on any atom is 0.172 e. The summed E-state index contributed by atoms with van der Waals surface area (Å²) < 4.78 is 21.2. The Kier molecular flexibility index (Phi) is 4.03. The van der Waals surface area contributed by atoms with Crippen molar-refractivity contribution in [2.24, 2.45) is 10.9 Å². The molecule has 4 aromatic rings.